The van der Waals surface area contributed by atoms with Crippen LogP contribution in [0.4, 0.5) is 0 Å². The maximum absolute atomic E-state index is 10.2. The summed E-state index contributed by atoms with van der Waals surface area (Å²) < 4.78 is 9.15. The quantitative estimate of drug-likeness (QED) is 0.608. The Bertz CT molecular complexity index is 274. The number of furan rings is 1. The van der Waals surface area contributed by atoms with Gasteiger partial charge in [-0.1, -0.05) is 0 Å². The minimum atomic E-state index is 0.0413. The normalized spacial score (nSPS) is 9.18. The van der Waals surface area contributed by atoms with Crippen molar-refractivity contribution < 1.29 is 18.7 Å². The molecule has 58 valence electrons. The average Bonchev–Trinajstić information content (AvgIpc) is 2.32. The van der Waals surface area contributed by atoms with E-state index < -0.39 is 0 Å². The number of hydrogen-bond acceptors (Lipinski definition) is 4. The van der Waals surface area contributed by atoms with E-state index in [-0.39, 0.29) is 18.2 Å². The highest BCUT2D eigenvalue weighted by atomic mass is 16.6. The van der Waals surface area contributed by atoms with Gasteiger partial charge in [0, 0.05) is 11.6 Å². The van der Waals surface area contributed by atoms with Crippen molar-refractivity contribution in [1.29, 1.82) is 0 Å². The maximum atomic E-state index is 10.2. The van der Waals surface area contributed by atoms with Gasteiger partial charge in [-0.2, -0.15) is 0 Å². The lowest BCUT2D eigenvalue weighted by Crippen LogP contribution is -1.84. The molecular weight excluding hydrogens is 148 g/mol. The molecule has 0 unspecified atom stereocenters. The predicted octanol–water partition coefficient (Wildman–Crippen LogP) is 0.936. The van der Waals surface area contributed by atoms with Crippen LogP contribution in [0, 0.1) is 6.92 Å². The summed E-state index contributed by atoms with van der Waals surface area (Å²) >= 11 is 0. The second kappa shape index (κ2) is 3.01. The lowest BCUT2D eigenvalue weighted by Gasteiger charge is -1.85. The molecular formula is C7H6O4. The zero-order valence-electron chi connectivity index (χ0n) is 5.87. The Morgan fingerprint density at radius 2 is 2.27 bits per heavy atom. The molecule has 0 saturated heterocycles. The van der Waals surface area contributed by atoms with E-state index in [1.165, 1.54) is 6.07 Å². The van der Waals surface area contributed by atoms with Gasteiger partial charge in [-0.3, -0.25) is 9.59 Å². The summed E-state index contributed by atoms with van der Waals surface area (Å²) in [5.41, 5.74) is 0.650. The molecule has 0 atom stereocenters. The lowest BCUT2D eigenvalue weighted by atomic mass is 10.3. The molecule has 4 nitrogen and oxygen atoms in total. The molecule has 0 aliphatic carbocycles. The zero-order chi connectivity index (χ0) is 8.27. The van der Waals surface area contributed by atoms with Gasteiger partial charge in [0.15, 0.2) is 12.0 Å². The number of ether oxygens (including phenoxy) is 1. The topological polar surface area (TPSA) is 56.5 Å². The van der Waals surface area contributed by atoms with Gasteiger partial charge in [0.05, 0.1) is 0 Å². The summed E-state index contributed by atoms with van der Waals surface area (Å²) in [7, 11) is 0. The third-order valence-electron chi connectivity index (χ3n) is 1.20. The molecule has 0 amide bonds. The van der Waals surface area contributed by atoms with Gasteiger partial charge in [-0.05, 0) is 6.92 Å². The molecule has 0 bridgehead atoms. The minimum absolute atomic E-state index is 0.0413. The van der Waals surface area contributed by atoms with Crippen LogP contribution in [0.3, 0.4) is 0 Å². The molecule has 1 aromatic rings. The highest BCUT2D eigenvalue weighted by Gasteiger charge is 2.06. The SMILES string of the molecule is Cc1cc(OC=O)oc1C=O. The molecule has 0 spiro atoms. The predicted molar refractivity (Wildman–Crippen MR) is 35.5 cm³/mol. The Balaban J connectivity index is 2.94. The molecule has 4 heteroatoms. The first-order chi connectivity index (χ1) is 5.27. The Kier molecular flexibility index (Phi) is 2.06. The number of rotatable bonds is 3. The van der Waals surface area contributed by atoms with E-state index in [4.69, 9.17) is 4.42 Å². The number of aryl methyl sites for hydroxylation is 1. The van der Waals surface area contributed by atoms with Gasteiger partial charge < -0.3 is 9.15 Å². The van der Waals surface area contributed by atoms with Crippen LogP contribution in [-0.2, 0) is 4.79 Å². The fourth-order valence-corrected chi connectivity index (χ4v) is 0.689. The zero-order valence-corrected chi connectivity index (χ0v) is 5.87. The first-order valence-corrected chi connectivity index (χ1v) is 2.94. The van der Waals surface area contributed by atoms with Crippen molar-refractivity contribution in [2.75, 3.05) is 0 Å². The van der Waals surface area contributed by atoms with Crippen molar-refractivity contribution in [2.24, 2.45) is 0 Å². The first-order valence-electron chi connectivity index (χ1n) is 2.94. The lowest BCUT2D eigenvalue weighted by molar-refractivity contribution is -0.121. The Labute approximate surface area is 62.8 Å². The fourth-order valence-electron chi connectivity index (χ4n) is 0.689. The summed E-state index contributed by atoms with van der Waals surface area (Å²) in [4.78, 5) is 20.0. The van der Waals surface area contributed by atoms with Gasteiger partial charge in [-0.15, -0.1) is 0 Å². The van der Waals surface area contributed by atoms with Crippen LogP contribution in [0.15, 0.2) is 10.5 Å². The monoisotopic (exact) mass is 154 g/mol. The molecule has 0 radical (unpaired) electrons. The van der Waals surface area contributed by atoms with E-state index in [2.05, 4.69) is 4.74 Å². The fraction of sp³-hybridized carbons (Fsp3) is 0.143. The summed E-state index contributed by atoms with van der Waals surface area (Å²) in [6.07, 6.45) is 0.562. The highest BCUT2D eigenvalue weighted by Crippen LogP contribution is 2.18. The van der Waals surface area contributed by atoms with Gasteiger partial charge in [0.25, 0.3) is 5.95 Å². The van der Waals surface area contributed by atoms with Gasteiger partial charge in [-0.25, -0.2) is 0 Å². The Hall–Kier alpha value is -1.58. The minimum Gasteiger partial charge on any atom is -0.422 e. The molecule has 0 N–H and O–H groups in total. The molecule has 0 aromatic carbocycles. The number of aldehydes is 1. The van der Waals surface area contributed by atoms with E-state index >= 15 is 0 Å². The Morgan fingerprint density at radius 1 is 1.55 bits per heavy atom. The van der Waals surface area contributed by atoms with Crippen LogP contribution in [0.5, 0.6) is 5.95 Å². The summed E-state index contributed by atoms with van der Waals surface area (Å²) in [6.45, 7) is 1.93. The number of hydrogen-bond donors (Lipinski definition) is 0. The molecule has 11 heavy (non-hydrogen) atoms. The van der Waals surface area contributed by atoms with Gasteiger partial charge in [0.2, 0.25) is 0 Å². The summed E-state index contributed by atoms with van der Waals surface area (Å²) in [5, 5.41) is 0. The smallest absolute Gasteiger partial charge is 0.300 e. The van der Waals surface area contributed by atoms with Gasteiger partial charge >= 0.3 is 6.47 Å². The van der Waals surface area contributed by atoms with Crippen LogP contribution in [0.2, 0.25) is 0 Å². The maximum Gasteiger partial charge on any atom is 0.300 e. The standard InChI is InChI=1S/C7H6O4/c1-5-2-7(10-4-9)11-6(5)3-8/h2-4H,1H3. The van der Waals surface area contributed by atoms with Crippen molar-refractivity contribution in [2.45, 2.75) is 6.92 Å². The van der Waals surface area contributed by atoms with Crippen LogP contribution in [0.25, 0.3) is 0 Å². The second-order valence-corrected chi connectivity index (χ2v) is 1.94. The van der Waals surface area contributed by atoms with E-state index in [1.807, 2.05) is 0 Å². The van der Waals surface area contributed by atoms with Crippen molar-refractivity contribution >= 4 is 12.8 Å². The summed E-state index contributed by atoms with van der Waals surface area (Å²) in [5.74, 6) is 0.224. The number of carbonyl (C=O) groups excluding carboxylic acids is 2. The second-order valence-electron chi connectivity index (χ2n) is 1.94. The van der Waals surface area contributed by atoms with Crippen LogP contribution in [0.1, 0.15) is 16.1 Å². The number of carbonyl (C=O) groups is 2. The third kappa shape index (κ3) is 1.46. The van der Waals surface area contributed by atoms with Crippen molar-refractivity contribution in [3.8, 4) is 5.95 Å². The van der Waals surface area contributed by atoms with E-state index in [9.17, 15) is 9.59 Å². The van der Waals surface area contributed by atoms with Crippen LogP contribution < -0.4 is 4.74 Å². The van der Waals surface area contributed by atoms with E-state index in [1.54, 1.807) is 6.92 Å². The van der Waals surface area contributed by atoms with E-state index in [0.29, 0.717) is 11.8 Å². The third-order valence-corrected chi connectivity index (χ3v) is 1.20. The van der Waals surface area contributed by atoms with Crippen molar-refractivity contribution in [1.82, 2.24) is 0 Å². The summed E-state index contributed by atoms with van der Waals surface area (Å²) in [6, 6.07) is 1.47. The van der Waals surface area contributed by atoms with Crippen LogP contribution >= 0.6 is 0 Å². The molecule has 1 rings (SSSR count). The molecule has 0 saturated carbocycles. The molecule has 0 fully saturated rings. The molecule has 1 aromatic heterocycles. The molecule has 1 heterocycles. The Morgan fingerprint density at radius 3 is 2.73 bits per heavy atom. The van der Waals surface area contributed by atoms with Gasteiger partial charge in [0.1, 0.15) is 0 Å². The highest BCUT2D eigenvalue weighted by molar-refractivity contribution is 5.73. The first kappa shape index (κ1) is 7.53. The largest absolute Gasteiger partial charge is 0.422 e. The van der Waals surface area contributed by atoms with Crippen molar-refractivity contribution in [3.63, 3.8) is 0 Å². The van der Waals surface area contributed by atoms with Crippen LogP contribution in [-0.4, -0.2) is 12.8 Å². The molecule has 0 aliphatic rings. The molecule has 0 aliphatic heterocycles. The van der Waals surface area contributed by atoms with E-state index in [0.717, 1.165) is 0 Å². The van der Waals surface area contributed by atoms with Crippen molar-refractivity contribution in [3.05, 3.63) is 17.4 Å². The average molecular weight is 154 g/mol.